The van der Waals surface area contributed by atoms with Crippen molar-refractivity contribution in [2.24, 2.45) is 5.92 Å². The minimum Gasteiger partial charge on any atom is -0.301 e. The highest BCUT2D eigenvalue weighted by Crippen LogP contribution is 2.48. The van der Waals surface area contributed by atoms with Gasteiger partial charge in [0.1, 0.15) is 0 Å². The SMILES string of the molecule is CCCCC(C)C1c2c(cccc2C(F)(F)F)C(=O)N1c1ccccc1. The Morgan fingerprint density at radius 2 is 1.77 bits per heavy atom. The number of unbranched alkanes of at least 4 members (excludes halogenated alkanes) is 1. The average molecular weight is 361 g/mol. The number of para-hydroxylation sites is 1. The first-order valence-corrected chi connectivity index (χ1v) is 8.95. The molecule has 1 aliphatic heterocycles. The first-order chi connectivity index (χ1) is 12.4. The maximum Gasteiger partial charge on any atom is 0.416 e. The molecule has 0 aromatic heterocycles. The predicted octanol–water partition coefficient (Wildman–Crippen LogP) is 6.23. The number of fused-ring (bicyclic) bond motifs is 1. The van der Waals surface area contributed by atoms with Crippen LogP contribution in [0.3, 0.4) is 0 Å². The number of hydrogen-bond acceptors (Lipinski definition) is 1. The van der Waals surface area contributed by atoms with E-state index in [-0.39, 0.29) is 23.0 Å². The molecule has 0 bridgehead atoms. The molecular weight excluding hydrogens is 339 g/mol. The van der Waals surface area contributed by atoms with Gasteiger partial charge in [-0.1, -0.05) is 51.0 Å². The van der Waals surface area contributed by atoms with Gasteiger partial charge in [-0.2, -0.15) is 13.2 Å². The van der Waals surface area contributed by atoms with Gasteiger partial charge in [0, 0.05) is 16.8 Å². The lowest BCUT2D eigenvalue weighted by Crippen LogP contribution is -2.32. The lowest BCUT2D eigenvalue weighted by Gasteiger charge is -2.31. The lowest BCUT2D eigenvalue weighted by atomic mass is 9.87. The summed E-state index contributed by atoms with van der Waals surface area (Å²) in [5.74, 6) is -0.436. The highest BCUT2D eigenvalue weighted by atomic mass is 19.4. The van der Waals surface area contributed by atoms with Gasteiger partial charge in [0.25, 0.3) is 5.91 Å². The monoisotopic (exact) mass is 361 g/mol. The van der Waals surface area contributed by atoms with Crippen LogP contribution in [0.2, 0.25) is 0 Å². The van der Waals surface area contributed by atoms with Crippen LogP contribution in [0, 0.1) is 5.92 Å². The minimum atomic E-state index is -4.49. The zero-order valence-corrected chi connectivity index (χ0v) is 14.9. The number of halogens is 3. The average Bonchev–Trinajstić information content (AvgIpc) is 2.92. The summed E-state index contributed by atoms with van der Waals surface area (Å²) in [5.41, 5.74) is 0.222. The Morgan fingerprint density at radius 1 is 1.08 bits per heavy atom. The van der Waals surface area contributed by atoms with Gasteiger partial charge in [-0.3, -0.25) is 4.79 Å². The van der Waals surface area contributed by atoms with E-state index in [0.717, 1.165) is 25.3 Å². The molecule has 1 aliphatic rings. The van der Waals surface area contributed by atoms with Crippen LogP contribution in [0.4, 0.5) is 18.9 Å². The summed E-state index contributed by atoms with van der Waals surface area (Å²) < 4.78 is 41.0. The summed E-state index contributed by atoms with van der Waals surface area (Å²) in [6.45, 7) is 3.99. The summed E-state index contributed by atoms with van der Waals surface area (Å²) in [7, 11) is 0. The van der Waals surface area contributed by atoms with E-state index < -0.39 is 17.8 Å². The van der Waals surface area contributed by atoms with Crippen molar-refractivity contribution in [3.05, 3.63) is 65.2 Å². The van der Waals surface area contributed by atoms with E-state index in [1.807, 2.05) is 13.0 Å². The largest absolute Gasteiger partial charge is 0.416 e. The van der Waals surface area contributed by atoms with Crippen molar-refractivity contribution in [3.8, 4) is 0 Å². The first-order valence-electron chi connectivity index (χ1n) is 8.95. The lowest BCUT2D eigenvalue weighted by molar-refractivity contribution is -0.138. The molecule has 2 unspecified atom stereocenters. The van der Waals surface area contributed by atoms with E-state index in [2.05, 4.69) is 6.92 Å². The molecule has 0 saturated heterocycles. The van der Waals surface area contributed by atoms with Crippen molar-refractivity contribution >= 4 is 11.6 Å². The molecule has 1 amide bonds. The number of amides is 1. The van der Waals surface area contributed by atoms with Crippen molar-refractivity contribution in [1.29, 1.82) is 0 Å². The predicted molar refractivity (Wildman–Crippen MR) is 96.1 cm³/mol. The van der Waals surface area contributed by atoms with Crippen LogP contribution in [0.1, 0.15) is 60.6 Å². The van der Waals surface area contributed by atoms with Gasteiger partial charge < -0.3 is 4.90 Å². The summed E-state index contributed by atoms with van der Waals surface area (Å²) in [4.78, 5) is 14.6. The summed E-state index contributed by atoms with van der Waals surface area (Å²) >= 11 is 0. The molecule has 2 aromatic carbocycles. The van der Waals surface area contributed by atoms with Crippen LogP contribution >= 0.6 is 0 Å². The number of benzene rings is 2. The molecule has 5 heteroatoms. The number of nitrogens with zero attached hydrogens (tertiary/aromatic N) is 1. The molecule has 26 heavy (non-hydrogen) atoms. The Bertz CT molecular complexity index is 786. The van der Waals surface area contributed by atoms with Crippen molar-refractivity contribution in [2.45, 2.75) is 45.3 Å². The molecular formula is C21H22F3NO. The molecule has 2 atom stereocenters. The van der Waals surface area contributed by atoms with Crippen molar-refractivity contribution in [2.75, 3.05) is 4.90 Å². The Hall–Kier alpha value is -2.30. The zero-order valence-electron chi connectivity index (χ0n) is 14.9. The highest BCUT2D eigenvalue weighted by Gasteiger charge is 2.46. The van der Waals surface area contributed by atoms with Gasteiger partial charge >= 0.3 is 6.18 Å². The van der Waals surface area contributed by atoms with E-state index in [9.17, 15) is 18.0 Å². The van der Waals surface area contributed by atoms with Crippen LogP contribution < -0.4 is 4.90 Å². The second kappa shape index (κ2) is 7.14. The molecule has 1 heterocycles. The summed E-state index contributed by atoms with van der Waals surface area (Å²) in [5, 5.41) is 0. The molecule has 0 spiro atoms. The second-order valence-corrected chi connectivity index (χ2v) is 6.84. The van der Waals surface area contributed by atoms with Crippen LogP contribution in [0.15, 0.2) is 48.5 Å². The van der Waals surface area contributed by atoms with Crippen LogP contribution in [-0.4, -0.2) is 5.91 Å². The number of anilines is 1. The third-order valence-electron chi connectivity index (χ3n) is 5.02. The summed E-state index contributed by atoms with van der Waals surface area (Å²) in [6, 6.07) is 12.3. The third-order valence-corrected chi connectivity index (χ3v) is 5.02. The van der Waals surface area contributed by atoms with E-state index in [0.29, 0.717) is 5.69 Å². The Morgan fingerprint density at radius 3 is 2.38 bits per heavy atom. The maximum absolute atomic E-state index is 13.7. The van der Waals surface area contributed by atoms with Gasteiger partial charge in [-0.15, -0.1) is 0 Å². The molecule has 0 N–H and O–H groups in total. The van der Waals surface area contributed by atoms with E-state index >= 15 is 0 Å². The minimum absolute atomic E-state index is 0.0798. The number of carbonyl (C=O) groups is 1. The van der Waals surface area contributed by atoms with Crippen molar-refractivity contribution in [3.63, 3.8) is 0 Å². The van der Waals surface area contributed by atoms with Gasteiger partial charge in [-0.25, -0.2) is 0 Å². The Kier molecular flexibility index (Phi) is 5.08. The quantitative estimate of drug-likeness (QED) is 0.618. The molecule has 3 rings (SSSR count). The number of carbonyl (C=O) groups excluding carboxylic acids is 1. The Labute approximate surface area is 151 Å². The molecule has 0 aliphatic carbocycles. The standard InChI is InChI=1S/C21H22F3NO/c1-3-4-9-14(2)19-18-16(12-8-13-17(18)21(22,23)24)20(26)25(19)15-10-6-5-7-11-15/h5-8,10-14,19H,3-4,9H2,1-2H3. The smallest absolute Gasteiger partial charge is 0.301 e. The van der Waals surface area contributed by atoms with Gasteiger partial charge in [-0.05, 0) is 36.6 Å². The third kappa shape index (κ3) is 3.22. The van der Waals surface area contributed by atoms with Crippen LogP contribution in [0.5, 0.6) is 0 Å². The fourth-order valence-electron chi connectivity index (χ4n) is 3.79. The van der Waals surface area contributed by atoms with Gasteiger partial charge in [0.05, 0.1) is 11.6 Å². The van der Waals surface area contributed by atoms with E-state index in [1.165, 1.54) is 12.1 Å². The molecule has 2 nitrogen and oxygen atoms in total. The normalized spacial score (nSPS) is 18.1. The Balaban J connectivity index is 2.17. The topological polar surface area (TPSA) is 20.3 Å². The highest BCUT2D eigenvalue weighted by molar-refractivity contribution is 6.11. The molecule has 0 fully saturated rings. The maximum atomic E-state index is 13.7. The number of hydrogen-bond donors (Lipinski definition) is 0. The molecule has 0 radical (unpaired) electrons. The van der Waals surface area contributed by atoms with Crippen LogP contribution in [0.25, 0.3) is 0 Å². The van der Waals surface area contributed by atoms with Crippen LogP contribution in [-0.2, 0) is 6.18 Å². The second-order valence-electron chi connectivity index (χ2n) is 6.84. The number of alkyl halides is 3. The van der Waals surface area contributed by atoms with Gasteiger partial charge in [0.15, 0.2) is 0 Å². The fourth-order valence-corrected chi connectivity index (χ4v) is 3.79. The summed E-state index contributed by atoms with van der Waals surface area (Å²) in [6.07, 6.45) is -1.84. The molecule has 2 aromatic rings. The number of rotatable bonds is 5. The first kappa shape index (κ1) is 18.5. The fraction of sp³-hybridized carbons (Fsp3) is 0.381. The molecule has 0 saturated carbocycles. The molecule has 138 valence electrons. The van der Waals surface area contributed by atoms with Gasteiger partial charge in [0.2, 0.25) is 0 Å². The van der Waals surface area contributed by atoms with Crippen molar-refractivity contribution in [1.82, 2.24) is 0 Å². The van der Waals surface area contributed by atoms with E-state index in [1.54, 1.807) is 29.2 Å². The van der Waals surface area contributed by atoms with E-state index in [4.69, 9.17) is 0 Å². The van der Waals surface area contributed by atoms with Crippen molar-refractivity contribution < 1.29 is 18.0 Å². The zero-order chi connectivity index (χ0) is 18.9.